The molecule has 2 fully saturated rings. The molecule has 22 heavy (non-hydrogen) atoms. The van der Waals surface area contributed by atoms with E-state index >= 15 is 0 Å². The van der Waals surface area contributed by atoms with Crippen LogP contribution in [0.4, 0.5) is 4.79 Å². The minimum absolute atomic E-state index is 0.172. The standard InChI is InChI=1S/C17H32N2O3/c1-17(2,3)22-16(20)19-10-8-13(9-11-19)12-18-14-6-5-7-15(14)21-4/h13-15,18H,5-12H2,1-4H3. The smallest absolute Gasteiger partial charge is 0.410 e. The molecular formula is C17H32N2O3. The second-order valence-corrected chi connectivity index (χ2v) is 7.63. The SMILES string of the molecule is COC1CCCC1NCC1CCN(C(=O)OC(C)(C)C)CC1. The molecule has 5 heteroatoms. The molecule has 128 valence electrons. The van der Waals surface area contributed by atoms with Gasteiger partial charge in [-0.25, -0.2) is 4.79 Å². The Labute approximate surface area is 134 Å². The molecule has 1 amide bonds. The molecule has 5 nitrogen and oxygen atoms in total. The average Bonchev–Trinajstić information content (AvgIpc) is 2.91. The van der Waals surface area contributed by atoms with Crippen molar-refractivity contribution in [3.8, 4) is 0 Å². The number of nitrogens with zero attached hydrogens (tertiary/aromatic N) is 1. The van der Waals surface area contributed by atoms with E-state index in [0.717, 1.165) is 32.5 Å². The third-order valence-electron chi connectivity index (χ3n) is 4.69. The highest BCUT2D eigenvalue weighted by atomic mass is 16.6. The number of piperidine rings is 1. The summed E-state index contributed by atoms with van der Waals surface area (Å²) in [6, 6.07) is 0.508. The topological polar surface area (TPSA) is 50.8 Å². The van der Waals surface area contributed by atoms with Crippen molar-refractivity contribution in [1.82, 2.24) is 10.2 Å². The van der Waals surface area contributed by atoms with Gasteiger partial charge in [-0.2, -0.15) is 0 Å². The molecular weight excluding hydrogens is 280 g/mol. The quantitative estimate of drug-likeness (QED) is 0.867. The summed E-state index contributed by atoms with van der Waals surface area (Å²) >= 11 is 0. The third kappa shape index (κ3) is 5.13. The maximum Gasteiger partial charge on any atom is 0.410 e. The van der Waals surface area contributed by atoms with E-state index in [1.165, 1.54) is 19.3 Å². The highest BCUT2D eigenvalue weighted by Crippen LogP contribution is 2.23. The summed E-state index contributed by atoms with van der Waals surface area (Å²) in [5, 5.41) is 3.67. The normalized spacial score (nSPS) is 27.2. The van der Waals surface area contributed by atoms with Crippen LogP contribution < -0.4 is 5.32 Å². The molecule has 1 saturated carbocycles. The summed E-state index contributed by atoms with van der Waals surface area (Å²) < 4.78 is 11.0. The summed E-state index contributed by atoms with van der Waals surface area (Å²) in [7, 11) is 1.81. The number of hydrogen-bond acceptors (Lipinski definition) is 4. The molecule has 2 unspecified atom stereocenters. The minimum Gasteiger partial charge on any atom is -0.444 e. The molecule has 0 bridgehead atoms. The van der Waals surface area contributed by atoms with Crippen LogP contribution in [-0.4, -0.2) is 55.5 Å². The van der Waals surface area contributed by atoms with Gasteiger partial charge < -0.3 is 19.7 Å². The molecule has 0 aromatic rings. The van der Waals surface area contributed by atoms with E-state index < -0.39 is 5.60 Å². The van der Waals surface area contributed by atoms with E-state index in [2.05, 4.69) is 5.32 Å². The van der Waals surface area contributed by atoms with E-state index in [1.54, 1.807) is 0 Å². The molecule has 2 atom stereocenters. The Morgan fingerprint density at radius 3 is 2.45 bits per heavy atom. The Balaban J connectivity index is 1.68. The molecule has 2 rings (SSSR count). The first-order valence-corrected chi connectivity index (χ1v) is 8.63. The second kappa shape index (κ2) is 7.64. The largest absolute Gasteiger partial charge is 0.444 e. The van der Waals surface area contributed by atoms with Crippen LogP contribution in [0.15, 0.2) is 0 Å². The zero-order valence-electron chi connectivity index (χ0n) is 14.6. The number of rotatable bonds is 4. The fourth-order valence-corrected chi connectivity index (χ4v) is 3.41. The van der Waals surface area contributed by atoms with Gasteiger partial charge >= 0.3 is 6.09 Å². The van der Waals surface area contributed by atoms with Gasteiger partial charge in [0.2, 0.25) is 0 Å². The molecule has 1 N–H and O–H groups in total. The van der Waals surface area contributed by atoms with Crippen molar-refractivity contribution in [3.05, 3.63) is 0 Å². The molecule has 1 heterocycles. The summed E-state index contributed by atoms with van der Waals surface area (Å²) in [5.74, 6) is 0.650. The fraction of sp³-hybridized carbons (Fsp3) is 0.941. The van der Waals surface area contributed by atoms with Crippen molar-refractivity contribution in [3.63, 3.8) is 0 Å². The molecule has 0 radical (unpaired) electrons. The van der Waals surface area contributed by atoms with Crippen LogP contribution >= 0.6 is 0 Å². The van der Waals surface area contributed by atoms with Gasteiger partial charge in [0.25, 0.3) is 0 Å². The summed E-state index contributed by atoms with van der Waals surface area (Å²) in [4.78, 5) is 13.9. The van der Waals surface area contributed by atoms with Crippen molar-refractivity contribution >= 4 is 6.09 Å². The van der Waals surface area contributed by atoms with E-state index in [1.807, 2.05) is 32.8 Å². The number of methoxy groups -OCH3 is 1. The summed E-state index contributed by atoms with van der Waals surface area (Å²) in [5.41, 5.74) is -0.410. The van der Waals surface area contributed by atoms with E-state index in [4.69, 9.17) is 9.47 Å². The van der Waals surface area contributed by atoms with Gasteiger partial charge in [-0.05, 0) is 65.3 Å². The van der Waals surface area contributed by atoms with Crippen LogP contribution in [0.25, 0.3) is 0 Å². The Morgan fingerprint density at radius 1 is 1.18 bits per heavy atom. The predicted octanol–water partition coefficient (Wildman–Crippen LogP) is 2.79. The van der Waals surface area contributed by atoms with Gasteiger partial charge in [0.05, 0.1) is 6.10 Å². The Bertz CT molecular complexity index is 359. The zero-order chi connectivity index (χ0) is 16.2. The number of ether oxygens (including phenoxy) is 2. The Hall–Kier alpha value is -0.810. The lowest BCUT2D eigenvalue weighted by molar-refractivity contribution is 0.0180. The Morgan fingerprint density at radius 2 is 1.86 bits per heavy atom. The lowest BCUT2D eigenvalue weighted by atomic mass is 9.96. The maximum absolute atomic E-state index is 12.0. The first kappa shape index (κ1) is 17.5. The van der Waals surface area contributed by atoms with Crippen LogP contribution in [0.2, 0.25) is 0 Å². The summed E-state index contributed by atoms with van der Waals surface area (Å²) in [6.07, 6.45) is 5.96. The lowest BCUT2D eigenvalue weighted by Gasteiger charge is -2.34. The average molecular weight is 312 g/mol. The number of nitrogens with one attached hydrogen (secondary N) is 1. The van der Waals surface area contributed by atoms with Crippen molar-refractivity contribution < 1.29 is 14.3 Å². The van der Waals surface area contributed by atoms with Crippen molar-refractivity contribution in [2.75, 3.05) is 26.7 Å². The lowest BCUT2D eigenvalue weighted by Crippen LogP contribution is -2.45. The van der Waals surface area contributed by atoms with Gasteiger partial charge in [0.15, 0.2) is 0 Å². The van der Waals surface area contributed by atoms with Gasteiger partial charge in [-0.3, -0.25) is 0 Å². The van der Waals surface area contributed by atoms with Crippen LogP contribution in [0, 0.1) is 5.92 Å². The molecule has 2 aliphatic rings. The molecule has 0 spiro atoms. The van der Waals surface area contributed by atoms with Crippen molar-refractivity contribution in [1.29, 1.82) is 0 Å². The van der Waals surface area contributed by atoms with Crippen molar-refractivity contribution in [2.24, 2.45) is 5.92 Å². The van der Waals surface area contributed by atoms with Gasteiger partial charge in [0, 0.05) is 26.2 Å². The fourth-order valence-electron chi connectivity index (χ4n) is 3.41. The zero-order valence-corrected chi connectivity index (χ0v) is 14.6. The van der Waals surface area contributed by atoms with Gasteiger partial charge in [0.1, 0.15) is 5.60 Å². The molecule has 1 aliphatic heterocycles. The number of likely N-dealkylation sites (tertiary alicyclic amines) is 1. The molecule has 0 aromatic carbocycles. The molecule has 1 saturated heterocycles. The number of carbonyl (C=O) groups excluding carboxylic acids is 1. The Kier molecular flexibility index (Phi) is 6.09. The third-order valence-corrected chi connectivity index (χ3v) is 4.69. The van der Waals surface area contributed by atoms with Gasteiger partial charge in [-0.15, -0.1) is 0 Å². The van der Waals surface area contributed by atoms with E-state index in [9.17, 15) is 4.79 Å². The van der Waals surface area contributed by atoms with Crippen LogP contribution in [0.1, 0.15) is 52.9 Å². The first-order chi connectivity index (χ1) is 10.4. The van der Waals surface area contributed by atoms with Crippen LogP contribution in [-0.2, 0) is 9.47 Å². The van der Waals surface area contributed by atoms with Crippen molar-refractivity contribution in [2.45, 2.75) is 70.6 Å². The van der Waals surface area contributed by atoms with Gasteiger partial charge in [-0.1, -0.05) is 0 Å². The molecule has 1 aliphatic carbocycles. The monoisotopic (exact) mass is 312 g/mol. The van der Waals surface area contributed by atoms with E-state index in [-0.39, 0.29) is 6.09 Å². The first-order valence-electron chi connectivity index (χ1n) is 8.63. The number of carbonyl (C=O) groups is 1. The highest BCUT2D eigenvalue weighted by molar-refractivity contribution is 5.68. The van der Waals surface area contributed by atoms with E-state index in [0.29, 0.717) is 18.1 Å². The van der Waals surface area contributed by atoms with Crippen LogP contribution in [0.3, 0.4) is 0 Å². The second-order valence-electron chi connectivity index (χ2n) is 7.63. The maximum atomic E-state index is 12.0. The number of hydrogen-bond donors (Lipinski definition) is 1. The summed E-state index contributed by atoms with van der Waals surface area (Å²) in [6.45, 7) is 8.38. The number of amides is 1. The predicted molar refractivity (Wildman–Crippen MR) is 87.0 cm³/mol. The highest BCUT2D eigenvalue weighted by Gasteiger charge is 2.29. The minimum atomic E-state index is -0.410. The van der Waals surface area contributed by atoms with Crippen LogP contribution in [0.5, 0.6) is 0 Å². The molecule has 0 aromatic heterocycles.